The van der Waals surface area contributed by atoms with E-state index in [4.69, 9.17) is 14.6 Å². The fourth-order valence-electron chi connectivity index (χ4n) is 2.22. The molecule has 3 nitrogen and oxygen atoms in total. The highest BCUT2D eigenvalue weighted by Gasteiger charge is 2.53. The van der Waals surface area contributed by atoms with E-state index in [1.54, 1.807) is 0 Å². The Kier molecular flexibility index (Phi) is 1.72. The summed E-state index contributed by atoms with van der Waals surface area (Å²) in [6, 6.07) is 0. The van der Waals surface area contributed by atoms with Gasteiger partial charge in [0.1, 0.15) is 0 Å². The second-order valence-electron chi connectivity index (χ2n) is 4.53. The molecule has 2 fully saturated rings. The Morgan fingerprint density at radius 1 is 1.50 bits per heavy atom. The molecule has 0 saturated carbocycles. The van der Waals surface area contributed by atoms with Gasteiger partial charge in [-0.25, -0.2) is 0 Å². The van der Waals surface area contributed by atoms with Crippen LogP contribution in [0.5, 0.6) is 0 Å². The zero-order chi connectivity index (χ0) is 8.82. The fraction of sp³-hybridized carbons (Fsp3) is 1.00. The number of aliphatic hydroxyl groups excluding tert-OH is 1. The predicted octanol–water partition coefficient (Wildman–Crippen LogP) is 0.705. The van der Waals surface area contributed by atoms with Crippen LogP contribution in [0.1, 0.15) is 26.7 Å². The van der Waals surface area contributed by atoms with E-state index in [0.29, 0.717) is 0 Å². The average molecular weight is 172 g/mol. The molecule has 2 rings (SSSR count). The molecule has 0 amide bonds. The first-order chi connectivity index (χ1) is 5.55. The molecule has 0 radical (unpaired) electrons. The number of hydrogen-bond acceptors (Lipinski definition) is 3. The summed E-state index contributed by atoms with van der Waals surface area (Å²) in [6.45, 7) is 5.06. The maximum absolute atomic E-state index is 9.00. The van der Waals surface area contributed by atoms with Crippen LogP contribution in [0, 0.1) is 0 Å². The van der Waals surface area contributed by atoms with Gasteiger partial charge in [0.2, 0.25) is 0 Å². The first-order valence-corrected chi connectivity index (χ1v) is 4.48. The van der Waals surface area contributed by atoms with Gasteiger partial charge in [-0.2, -0.15) is 0 Å². The molecule has 0 aromatic heterocycles. The summed E-state index contributed by atoms with van der Waals surface area (Å²) in [6.07, 6.45) is 1.78. The van der Waals surface area contributed by atoms with Crippen molar-refractivity contribution in [2.24, 2.45) is 0 Å². The van der Waals surface area contributed by atoms with Crippen LogP contribution in [0.4, 0.5) is 0 Å². The first kappa shape index (κ1) is 8.48. The van der Waals surface area contributed by atoms with E-state index in [0.717, 1.165) is 19.4 Å². The predicted molar refractivity (Wildman–Crippen MR) is 44.0 cm³/mol. The Balaban J connectivity index is 2.06. The van der Waals surface area contributed by atoms with E-state index < -0.39 is 0 Å². The molecule has 3 heteroatoms. The molecule has 0 unspecified atom stereocenters. The van der Waals surface area contributed by atoms with Crippen molar-refractivity contribution in [3.05, 3.63) is 0 Å². The number of aliphatic hydroxyl groups is 1. The molecule has 0 aromatic carbocycles. The highest BCUT2D eigenvalue weighted by atomic mass is 16.6. The van der Waals surface area contributed by atoms with Crippen molar-refractivity contribution < 1.29 is 14.6 Å². The van der Waals surface area contributed by atoms with Gasteiger partial charge >= 0.3 is 0 Å². The Morgan fingerprint density at radius 2 is 2.17 bits per heavy atom. The standard InChI is InChI=1S/C9H16O3/c1-8(2)5-9(6-11-9)3-7(4-10)12-8/h7,10H,3-6H2,1-2H3/t7-,9+/m0/s1. The van der Waals surface area contributed by atoms with Gasteiger partial charge < -0.3 is 14.6 Å². The summed E-state index contributed by atoms with van der Waals surface area (Å²) in [5.74, 6) is 0. The van der Waals surface area contributed by atoms with Crippen molar-refractivity contribution in [3.8, 4) is 0 Å². The lowest BCUT2D eigenvalue weighted by Gasteiger charge is -2.38. The second-order valence-corrected chi connectivity index (χ2v) is 4.53. The van der Waals surface area contributed by atoms with Gasteiger partial charge in [-0.15, -0.1) is 0 Å². The Morgan fingerprint density at radius 3 is 2.67 bits per heavy atom. The van der Waals surface area contributed by atoms with Gasteiger partial charge in [-0.1, -0.05) is 0 Å². The molecule has 0 bridgehead atoms. The molecule has 2 atom stereocenters. The number of ether oxygens (including phenoxy) is 2. The molecule has 70 valence electrons. The second kappa shape index (κ2) is 2.44. The number of epoxide rings is 1. The van der Waals surface area contributed by atoms with E-state index in [-0.39, 0.29) is 23.9 Å². The molecule has 0 aliphatic carbocycles. The molecular formula is C9H16O3. The molecule has 1 N–H and O–H groups in total. The van der Waals surface area contributed by atoms with E-state index in [2.05, 4.69) is 13.8 Å². The minimum Gasteiger partial charge on any atom is -0.394 e. The van der Waals surface area contributed by atoms with Gasteiger partial charge in [-0.3, -0.25) is 0 Å². The fourth-order valence-corrected chi connectivity index (χ4v) is 2.22. The zero-order valence-electron chi connectivity index (χ0n) is 7.67. The largest absolute Gasteiger partial charge is 0.394 e. The van der Waals surface area contributed by atoms with Gasteiger partial charge in [0.15, 0.2) is 0 Å². The minimum absolute atomic E-state index is 0.0313. The topological polar surface area (TPSA) is 42.0 Å². The Bertz CT molecular complexity index is 178. The maximum atomic E-state index is 9.00. The first-order valence-electron chi connectivity index (χ1n) is 4.48. The van der Waals surface area contributed by atoms with Crippen LogP contribution in [0.25, 0.3) is 0 Å². The molecule has 12 heavy (non-hydrogen) atoms. The maximum Gasteiger partial charge on any atom is 0.0969 e. The third kappa shape index (κ3) is 1.49. The lowest BCUT2D eigenvalue weighted by Crippen LogP contribution is -2.45. The highest BCUT2D eigenvalue weighted by Crippen LogP contribution is 2.45. The van der Waals surface area contributed by atoms with Crippen molar-refractivity contribution in [3.63, 3.8) is 0 Å². The van der Waals surface area contributed by atoms with Gasteiger partial charge in [0.25, 0.3) is 0 Å². The van der Waals surface area contributed by atoms with Crippen molar-refractivity contribution in [2.45, 2.75) is 44.0 Å². The van der Waals surface area contributed by atoms with E-state index in [9.17, 15) is 0 Å². The minimum atomic E-state index is -0.137. The van der Waals surface area contributed by atoms with Crippen LogP contribution >= 0.6 is 0 Å². The Labute approximate surface area is 72.7 Å². The van der Waals surface area contributed by atoms with Crippen LogP contribution in [-0.2, 0) is 9.47 Å². The van der Waals surface area contributed by atoms with Crippen LogP contribution in [-0.4, -0.2) is 35.6 Å². The Hall–Kier alpha value is -0.120. The summed E-state index contributed by atoms with van der Waals surface area (Å²) in [5.41, 5.74) is -0.0860. The summed E-state index contributed by atoms with van der Waals surface area (Å²) >= 11 is 0. The van der Waals surface area contributed by atoms with Gasteiger partial charge in [-0.05, 0) is 13.8 Å². The summed E-state index contributed by atoms with van der Waals surface area (Å²) < 4.78 is 11.1. The van der Waals surface area contributed by atoms with Crippen molar-refractivity contribution in [2.75, 3.05) is 13.2 Å². The molecule has 0 aromatic rings. The molecule has 2 aliphatic heterocycles. The third-order valence-corrected chi connectivity index (χ3v) is 2.59. The smallest absolute Gasteiger partial charge is 0.0969 e. The third-order valence-electron chi connectivity index (χ3n) is 2.59. The van der Waals surface area contributed by atoms with Crippen LogP contribution < -0.4 is 0 Å². The van der Waals surface area contributed by atoms with Crippen molar-refractivity contribution in [1.29, 1.82) is 0 Å². The SMILES string of the molecule is CC1(C)C[C@@]2(CO2)C[C@@H](CO)O1. The quantitative estimate of drug-likeness (QED) is 0.592. The van der Waals surface area contributed by atoms with E-state index in [1.165, 1.54) is 0 Å². The molecule has 2 saturated heterocycles. The average Bonchev–Trinajstić information content (AvgIpc) is 2.65. The number of hydrogen-bond donors (Lipinski definition) is 1. The van der Waals surface area contributed by atoms with E-state index in [1.807, 2.05) is 0 Å². The normalized spacial score (nSPS) is 44.8. The van der Waals surface area contributed by atoms with Crippen molar-refractivity contribution in [1.82, 2.24) is 0 Å². The molecule has 1 spiro atoms. The van der Waals surface area contributed by atoms with Crippen LogP contribution in [0.2, 0.25) is 0 Å². The van der Waals surface area contributed by atoms with Gasteiger partial charge in [0, 0.05) is 12.8 Å². The van der Waals surface area contributed by atoms with Crippen molar-refractivity contribution >= 4 is 0 Å². The monoisotopic (exact) mass is 172 g/mol. The highest BCUT2D eigenvalue weighted by molar-refractivity contribution is 5.02. The summed E-state index contributed by atoms with van der Waals surface area (Å²) in [5, 5.41) is 9.00. The zero-order valence-corrected chi connectivity index (χ0v) is 7.67. The van der Waals surface area contributed by atoms with Gasteiger partial charge in [0.05, 0.1) is 30.5 Å². The lowest BCUT2D eigenvalue weighted by molar-refractivity contribution is -0.144. The lowest BCUT2D eigenvalue weighted by atomic mass is 9.86. The van der Waals surface area contributed by atoms with Crippen LogP contribution in [0.15, 0.2) is 0 Å². The number of rotatable bonds is 1. The molecule has 2 aliphatic rings. The summed E-state index contributed by atoms with van der Waals surface area (Å²) in [4.78, 5) is 0. The summed E-state index contributed by atoms with van der Waals surface area (Å²) in [7, 11) is 0. The van der Waals surface area contributed by atoms with Crippen LogP contribution in [0.3, 0.4) is 0 Å². The molecular weight excluding hydrogens is 156 g/mol. The molecule has 2 heterocycles. The van der Waals surface area contributed by atoms with E-state index >= 15 is 0 Å².